The number of aromatic hydroxyl groups is 1. The maximum absolute atomic E-state index is 9.37. The van der Waals surface area contributed by atoms with Crippen LogP contribution in [0.2, 0.25) is 0 Å². The molecule has 1 aromatic carbocycles. The van der Waals surface area contributed by atoms with Gasteiger partial charge in [0.25, 0.3) is 0 Å². The van der Waals surface area contributed by atoms with Crippen LogP contribution in [0.4, 0.5) is 0 Å². The highest BCUT2D eigenvalue weighted by Gasteiger charge is 2.24. The van der Waals surface area contributed by atoms with Crippen LogP contribution in [0, 0.1) is 5.92 Å². The zero-order valence-corrected chi connectivity index (χ0v) is 13.0. The smallest absolute Gasteiger partial charge is 0.214 e. The number of phenolic OH excluding ortho intramolecular Hbond substituents is 1. The molecule has 112 valence electrons. The molecule has 1 N–H and O–H groups in total. The van der Waals surface area contributed by atoms with Crippen LogP contribution in [0.5, 0.6) is 5.75 Å². The summed E-state index contributed by atoms with van der Waals surface area (Å²) in [5, 5.41) is 22.9. The third-order valence-electron chi connectivity index (χ3n) is 4.12. The summed E-state index contributed by atoms with van der Waals surface area (Å²) in [6.45, 7) is 2.28. The minimum atomic E-state index is 0.249. The fourth-order valence-corrected chi connectivity index (χ4v) is 4.15. The van der Waals surface area contributed by atoms with E-state index in [9.17, 15) is 5.11 Å². The minimum Gasteiger partial charge on any atom is -0.508 e. The summed E-state index contributed by atoms with van der Waals surface area (Å²) in [5.41, 5.74) is 0.878. The van der Waals surface area contributed by atoms with Gasteiger partial charge in [-0.15, -0.1) is 5.10 Å². The van der Waals surface area contributed by atoms with Crippen molar-refractivity contribution in [2.45, 2.75) is 49.4 Å². The SMILES string of the molecule is CCC1CCCC(Sc2nnnn2-c2ccc(O)cc2)C1. The molecule has 1 saturated carbocycles. The molecule has 2 unspecified atom stereocenters. The Labute approximate surface area is 128 Å². The van der Waals surface area contributed by atoms with E-state index in [0.29, 0.717) is 5.25 Å². The van der Waals surface area contributed by atoms with Crippen molar-refractivity contribution in [3.63, 3.8) is 0 Å². The average molecular weight is 304 g/mol. The van der Waals surface area contributed by atoms with E-state index >= 15 is 0 Å². The van der Waals surface area contributed by atoms with Crippen LogP contribution >= 0.6 is 11.8 Å². The number of hydrogen-bond acceptors (Lipinski definition) is 5. The van der Waals surface area contributed by atoms with E-state index in [-0.39, 0.29) is 5.75 Å². The van der Waals surface area contributed by atoms with Gasteiger partial charge in [-0.05, 0) is 53.5 Å². The summed E-state index contributed by atoms with van der Waals surface area (Å²) in [7, 11) is 0. The highest BCUT2D eigenvalue weighted by atomic mass is 32.2. The van der Waals surface area contributed by atoms with E-state index in [1.54, 1.807) is 28.6 Å². The number of aromatic nitrogens is 4. The van der Waals surface area contributed by atoms with Gasteiger partial charge in [0.2, 0.25) is 5.16 Å². The van der Waals surface area contributed by atoms with Crippen molar-refractivity contribution < 1.29 is 5.11 Å². The number of thioether (sulfide) groups is 1. The predicted octanol–water partition coefficient (Wildman–Crippen LogP) is 3.43. The Morgan fingerprint density at radius 1 is 1.29 bits per heavy atom. The second-order valence-corrected chi connectivity index (χ2v) is 6.84. The van der Waals surface area contributed by atoms with Gasteiger partial charge < -0.3 is 5.11 Å². The Morgan fingerprint density at radius 3 is 2.86 bits per heavy atom. The quantitative estimate of drug-likeness (QED) is 0.937. The second kappa shape index (κ2) is 6.47. The molecule has 0 spiro atoms. The molecule has 0 aliphatic heterocycles. The minimum absolute atomic E-state index is 0.249. The number of rotatable bonds is 4. The molecule has 0 saturated heterocycles. The molecule has 3 rings (SSSR count). The predicted molar refractivity (Wildman–Crippen MR) is 82.7 cm³/mol. The highest BCUT2D eigenvalue weighted by Crippen LogP contribution is 2.36. The first-order chi connectivity index (χ1) is 10.3. The van der Waals surface area contributed by atoms with E-state index in [4.69, 9.17) is 0 Å². The van der Waals surface area contributed by atoms with Crippen LogP contribution in [0.1, 0.15) is 39.0 Å². The summed E-state index contributed by atoms with van der Waals surface area (Å²) >= 11 is 1.78. The number of nitrogens with zero attached hydrogens (tertiary/aromatic N) is 4. The van der Waals surface area contributed by atoms with Crippen LogP contribution in [-0.4, -0.2) is 30.6 Å². The lowest BCUT2D eigenvalue weighted by Crippen LogP contribution is -2.17. The second-order valence-electron chi connectivity index (χ2n) is 5.57. The van der Waals surface area contributed by atoms with Gasteiger partial charge in [-0.2, -0.15) is 4.68 Å². The van der Waals surface area contributed by atoms with Crippen LogP contribution < -0.4 is 0 Å². The largest absolute Gasteiger partial charge is 0.508 e. The normalized spacial score (nSPS) is 22.3. The highest BCUT2D eigenvalue weighted by molar-refractivity contribution is 7.99. The van der Waals surface area contributed by atoms with Crippen molar-refractivity contribution in [1.82, 2.24) is 20.2 Å². The molecule has 2 aromatic rings. The Balaban J connectivity index is 1.75. The lowest BCUT2D eigenvalue weighted by molar-refractivity contribution is 0.357. The van der Waals surface area contributed by atoms with Gasteiger partial charge in [-0.25, -0.2) is 0 Å². The molecule has 1 aromatic heterocycles. The van der Waals surface area contributed by atoms with Crippen molar-refractivity contribution >= 4 is 11.8 Å². The lowest BCUT2D eigenvalue weighted by Gasteiger charge is -2.27. The summed E-state index contributed by atoms with van der Waals surface area (Å²) in [6, 6.07) is 6.95. The Hall–Kier alpha value is -1.56. The topological polar surface area (TPSA) is 63.8 Å². The Morgan fingerprint density at radius 2 is 2.10 bits per heavy atom. The summed E-state index contributed by atoms with van der Waals surface area (Å²) < 4.78 is 1.75. The molecule has 5 nitrogen and oxygen atoms in total. The molecule has 1 aliphatic carbocycles. The first-order valence-electron chi connectivity index (χ1n) is 7.50. The van der Waals surface area contributed by atoms with Gasteiger partial charge >= 0.3 is 0 Å². The van der Waals surface area contributed by atoms with E-state index in [2.05, 4.69) is 22.4 Å². The van der Waals surface area contributed by atoms with Crippen molar-refractivity contribution in [3.8, 4) is 11.4 Å². The third kappa shape index (κ3) is 3.37. The molecular weight excluding hydrogens is 284 g/mol. The molecule has 1 fully saturated rings. The Bertz CT molecular complexity index is 584. The fraction of sp³-hybridized carbons (Fsp3) is 0.533. The molecule has 1 aliphatic rings. The first-order valence-corrected chi connectivity index (χ1v) is 8.38. The van der Waals surface area contributed by atoms with E-state index in [1.165, 1.54) is 32.1 Å². The lowest BCUT2D eigenvalue weighted by atomic mass is 9.87. The van der Waals surface area contributed by atoms with Crippen LogP contribution in [-0.2, 0) is 0 Å². The maximum Gasteiger partial charge on any atom is 0.214 e. The Kier molecular flexibility index (Phi) is 4.43. The molecule has 1 heterocycles. The standard InChI is InChI=1S/C15H20N4OS/c1-2-11-4-3-5-14(10-11)21-15-16-17-18-19(15)12-6-8-13(20)9-7-12/h6-9,11,14,20H,2-5,10H2,1H3. The van der Waals surface area contributed by atoms with Crippen molar-refractivity contribution in [2.24, 2.45) is 5.92 Å². The number of benzene rings is 1. The molecule has 0 radical (unpaired) electrons. The zero-order chi connectivity index (χ0) is 14.7. The molecule has 0 amide bonds. The fourth-order valence-electron chi connectivity index (χ4n) is 2.88. The zero-order valence-electron chi connectivity index (χ0n) is 12.1. The van der Waals surface area contributed by atoms with Gasteiger partial charge in [0.05, 0.1) is 5.69 Å². The van der Waals surface area contributed by atoms with Crippen molar-refractivity contribution in [2.75, 3.05) is 0 Å². The van der Waals surface area contributed by atoms with Gasteiger partial charge in [0.15, 0.2) is 0 Å². The van der Waals surface area contributed by atoms with Crippen LogP contribution in [0.15, 0.2) is 29.4 Å². The monoisotopic (exact) mass is 304 g/mol. The van der Waals surface area contributed by atoms with Crippen molar-refractivity contribution in [3.05, 3.63) is 24.3 Å². The third-order valence-corrected chi connectivity index (χ3v) is 5.35. The summed E-state index contributed by atoms with van der Waals surface area (Å²) in [4.78, 5) is 0. The van der Waals surface area contributed by atoms with Crippen LogP contribution in [0.25, 0.3) is 5.69 Å². The van der Waals surface area contributed by atoms with Gasteiger partial charge in [0, 0.05) is 5.25 Å². The molecule has 21 heavy (non-hydrogen) atoms. The number of phenols is 1. The maximum atomic E-state index is 9.37. The number of hydrogen-bond donors (Lipinski definition) is 1. The molecular formula is C15H20N4OS. The van der Waals surface area contributed by atoms with Crippen molar-refractivity contribution in [1.29, 1.82) is 0 Å². The summed E-state index contributed by atoms with van der Waals surface area (Å²) in [6.07, 6.45) is 6.42. The average Bonchev–Trinajstić information content (AvgIpc) is 2.96. The molecule has 6 heteroatoms. The van der Waals surface area contributed by atoms with E-state index in [1.807, 2.05) is 12.1 Å². The first kappa shape index (κ1) is 14.4. The van der Waals surface area contributed by atoms with E-state index in [0.717, 1.165) is 16.8 Å². The molecule has 2 atom stereocenters. The van der Waals surface area contributed by atoms with Gasteiger partial charge in [-0.1, -0.05) is 37.9 Å². The number of tetrazole rings is 1. The van der Waals surface area contributed by atoms with E-state index < -0.39 is 0 Å². The van der Waals surface area contributed by atoms with Gasteiger partial charge in [0.1, 0.15) is 5.75 Å². The summed E-state index contributed by atoms with van der Waals surface area (Å²) in [5.74, 6) is 1.09. The van der Waals surface area contributed by atoms with Crippen LogP contribution in [0.3, 0.4) is 0 Å². The molecule has 0 bridgehead atoms. The van der Waals surface area contributed by atoms with Gasteiger partial charge in [-0.3, -0.25) is 0 Å².